The molecule has 2 aliphatic rings. The average molecular weight is 563 g/mol. The molecule has 2 aromatic carbocycles. The van der Waals surface area contributed by atoms with Gasteiger partial charge in [-0.2, -0.15) is 0 Å². The summed E-state index contributed by atoms with van der Waals surface area (Å²) in [4.78, 5) is 21.3. The number of hydrogen-bond acceptors (Lipinski definition) is 4. The zero-order valence-corrected chi connectivity index (χ0v) is 21.7. The summed E-state index contributed by atoms with van der Waals surface area (Å²) in [6, 6.07) is 18.7. The number of carbonyl (C=O) groups excluding carboxylic acids is 1. The Balaban J connectivity index is 0.00000306. The normalized spacial score (nSPS) is 20.7. The summed E-state index contributed by atoms with van der Waals surface area (Å²) >= 11 is 0. The van der Waals surface area contributed by atoms with Crippen LogP contribution in [0, 0.1) is 0 Å². The first-order valence-electron chi connectivity index (χ1n) is 11.4. The van der Waals surface area contributed by atoms with Gasteiger partial charge in [0.2, 0.25) is 0 Å². The van der Waals surface area contributed by atoms with Gasteiger partial charge in [-0.1, -0.05) is 42.5 Å². The fraction of sp³-hybridized carbons (Fsp3) is 0.440. The van der Waals surface area contributed by atoms with Gasteiger partial charge in [0.25, 0.3) is 5.91 Å². The Kier molecular flexibility index (Phi) is 9.52. The minimum atomic E-state index is -0.0393. The van der Waals surface area contributed by atoms with E-state index in [9.17, 15) is 4.79 Å². The molecule has 2 heterocycles. The molecule has 8 heteroatoms. The summed E-state index contributed by atoms with van der Waals surface area (Å²) in [5, 5.41) is 6.30. The summed E-state index contributed by atoms with van der Waals surface area (Å²) < 4.78 is 6.11. The molecule has 33 heavy (non-hydrogen) atoms. The summed E-state index contributed by atoms with van der Waals surface area (Å²) in [6.07, 6.45) is 0.197. The van der Waals surface area contributed by atoms with Gasteiger partial charge in [-0.15, -0.1) is 24.0 Å². The third kappa shape index (κ3) is 6.45. The molecule has 2 N–H and O–H groups in total. The lowest BCUT2D eigenvalue weighted by Gasteiger charge is -2.36. The number of ether oxygens (including phenoxy) is 1. The molecule has 0 saturated carbocycles. The Hall–Kier alpha value is -2.17. The molecule has 2 aromatic rings. The third-order valence-electron chi connectivity index (χ3n) is 6.16. The standard InChI is InChI=1S/C25H33N5O2.HI/c1-3-27-24(31)21-11-9-19(10-12-21)15-28-25(26-2)30-17-22-23(18-30)32-14-13-29(22)16-20-7-5-4-6-8-20;/h4-12,22-23H,3,13-18H2,1-2H3,(H,26,28)(H,27,31);1H. The second-order valence-electron chi connectivity index (χ2n) is 8.29. The van der Waals surface area contributed by atoms with Crippen molar-refractivity contribution in [3.8, 4) is 0 Å². The van der Waals surface area contributed by atoms with Crippen LogP contribution in [-0.4, -0.2) is 73.6 Å². The van der Waals surface area contributed by atoms with Crippen molar-refractivity contribution in [2.45, 2.75) is 32.2 Å². The van der Waals surface area contributed by atoms with Crippen LogP contribution >= 0.6 is 24.0 Å². The van der Waals surface area contributed by atoms with E-state index in [2.05, 4.69) is 55.8 Å². The first-order chi connectivity index (χ1) is 15.7. The average Bonchev–Trinajstić information content (AvgIpc) is 3.26. The fourth-order valence-electron chi connectivity index (χ4n) is 4.50. The summed E-state index contributed by atoms with van der Waals surface area (Å²) in [7, 11) is 1.82. The van der Waals surface area contributed by atoms with Crippen molar-refractivity contribution in [1.29, 1.82) is 0 Å². The van der Waals surface area contributed by atoms with E-state index in [-0.39, 0.29) is 36.0 Å². The van der Waals surface area contributed by atoms with Crippen molar-refractivity contribution in [3.05, 3.63) is 71.3 Å². The Morgan fingerprint density at radius 3 is 2.52 bits per heavy atom. The van der Waals surface area contributed by atoms with Gasteiger partial charge in [0, 0.05) is 51.9 Å². The topological polar surface area (TPSA) is 69.2 Å². The van der Waals surface area contributed by atoms with Crippen molar-refractivity contribution in [2.75, 3.05) is 39.8 Å². The molecule has 0 aliphatic carbocycles. The summed E-state index contributed by atoms with van der Waals surface area (Å²) in [5.41, 5.74) is 3.13. The lowest BCUT2D eigenvalue weighted by molar-refractivity contribution is -0.0502. The highest BCUT2D eigenvalue weighted by molar-refractivity contribution is 14.0. The molecule has 2 saturated heterocycles. The van der Waals surface area contributed by atoms with Crippen LogP contribution in [0.15, 0.2) is 59.6 Å². The van der Waals surface area contributed by atoms with Crippen LogP contribution in [-0.2, 0) is 17.8 Å². The van der Waals surface area contributed by atoms with E-state index in [0.717, 1.165) is 44.3 Å². The fourth-order valence-corrected chi connectivity index (χ4v) is 4.50. The zero-order valence-electron chi connectivity index (χ0n) is 19.4. The second-order valence-corrected chi connectivity index (χ2v) is 8.29. The number of rotatable bonds is 6. The molecule has 0 radical (unpaired) electrons. The summed E-state index contributed by atoms with van der Waals surface area (Å²) in [6.45, 7) is 7.61. The smallest absolute Gasteiger partial charge is 0.251 e. The van der Waals surface area contributed by atoms with Gasteiger partial charge in [-0.05, 0) is 30.2 Å². The number of amides is 1. The quantitative estimate of drug-likeness (QED) is 0.322. The van der Waals surface area contributed by atoms with Crippen LogP contribution in [0.4, 0.5) is 0 Å². The monoisotopic (exact) mass is 563 g/mol. The number of aliphatic imine (C=N–C) groups is 1. The lowest BCUT2D eigenvalue weighted by atomic mass is 10.1. The van der Waals surface area contributed by atoms with E-state index in [0.29, 0.717) is 24.7 Å². The number of nitrogens with one attached hydrogen (secondary N) is 2. The van der Waals surface area contributed by atoms with Gasteiger partial charge in [0.15, 0.2) is 5.96 Å². The zero-order chi connectivity index (χ0) is 22.3. The lowest BCUT2D eigenvalue weighted by Crippen LogP contribution is -2.50. The Bertz CT molecular complexity index is 922. The van der Waals surface area contributed by atoms with Gasteiger partial charge in [0.05, 0.1) is 18.8 Å². The van der Waals surface area contributed by atoms with Crippen LogP contribution in [0.5, 0.6) is 0 Å². The maximum atomic E-state index is 11.9. The van der Waals surface area contributed by atoms with Crippen LogP contribution in [0.3, 0.4) is 0 Å². The van der Waals surface area contributed by atoms with Crippen molar-refractivity contribution in [1.82, 2.24) is 20.4 Å². The van der Waals surface area contributed by atoms with Gasteiger partial charge in [-0.25, -0.2) is 0 Å². The minimum Gasteiger partial charge on any atom is -0.373 e. The number of benzene rings is 2. The number of halogens is 1. The third-order valence-corrected chi connectivity index (χ3v) is 6.16. The number of carbonyl (C=O) groups is 1. The number of likely N-dealkylation sites (tertiary alicyclic amines) is 1. The highest BCUT2D eigenvalue weighted by atomic mass is 127. The van der Waals surface area contributed by atoms with Crippen LogP contribution in [0.2, 0.25) is 0 Å². The van der Waals surface area contributed by atoms with Gasteiger partial charge >= 0.3 is 0 Å². The molecule has 178 valence electrons. The summed E-state index contributed by atoms with van der Waals surface area (Å²) in [5.74, 6) is 0.845. The first-order valence-corrected chi connectivity index (χ1v) is 11.4. The van der Waals surface area contributed by atoms with E-state index in [1.165, 1.54) is 5.56 Å². The predicted octanol–water partition coefficient (Wildman–Crippen LogP) is 2.71. The van der Waals surface area contributed by atoms with E-state index in [4.69, 9.17) is 4.74 Å². The molecule has 1 amide bonds. The number of fused-ring (bicyclic) bond motifs is 1. The molecule has 2 aliphatic heterocycles. The van der Waals surface area contributed by atoms with Gasteiger partial charge in [0.1, 0.15) is 0 Å². The van der Waals surface area contributed by atoms with Gasteiger partial charge in [-0.3, -0.25) is 14.7 Å². The first kappa shape index (κ1) is 25.5. The highest BCUT2D eigenvalue weighted by Gasteiger charge is 2.41. The van der Waals surface area contributed by atoms with Crippen molar-refractivity contribution in [3.63, 3.8) is 0 Å². The number of hydrogen-bond donors (Lipinski definition) is 2. The van der Waals surface area contributed by atoms with E-state index in [1.807, 2.05) is 38.2 Å². The molecule has 7 nitrogen and oxygen atoms in total. The van der Waals surface area contributed by atoms with E-state index >= 15 is 0 Å². The molecule has 2 fully saturated rings. The van der Waals surface area contributed by atoms with Gasteiger partial charge < -0.3 is 20.3 Å². The largest absolute Gasteiger partial charge is 0.373 e. The number of guanidine groups is 1. The molecule has 2 unspecified atom stereocenters. The van der Waals surface area contributed by atoms with E-state index in [1.54, 1.807) is 0 Å². The maximum Gasteiger partial charge on any atom is 0.251 e. The minimum absolute atomic E-state index is 0. The highest BCUT2D eigenvalue weighted by Crippen LogP contribution is 2.24. The maximum absolute atomic E-state index is 11.9. The van der Waals surface area contributed by atoms with E-state index < -0.39 is 0 Å². The Morgan fingerprint density at radius 1 is 1.06 bits per heavy atom. The number of morpholine rings is 1. The molecule has 0 aromatic heterocycles. The van der Waals surface area contributed by atoms with Crippen LogP contribution in [0.25, 0.3) is 0 Å². The van der Waals surface area contributed by atoms with Crippen molar-refractivity contribution in [2.24, 2.45) is 4.99 Å². The molecule has 4 rings (SSSR count). The predicted molar refractivity (Wildman–Crippen MR) is 142 cm³/mol. The second kappa shape index (κ2) is 12.3. The molecule has 0 spiro atoms. The Labute approximate surface area is 213 Å². The van der Waals surface area contributed by atoms with Crippen molar-refractivity contribution < 1.29 is 9.53 Å². The van der Waals surface area contributed by atoms with Crippen molar-refractivity contribution >= 4 is 35.8 Å². The SMILES string of the molecule is CCNC(=O)c1ccc(CNC(=NC)N2CC3OCCN(Cc4ccccc4)C3C2)cc1.I. The molecular weight excluding hydrogens is 529 g/mol. The van der Waals surface area contributed by atoms with Crippen LogP contribution in [0.1, 0.15) is 28.4 Å². The molecular formula is C25H34IN5O2. The molecule has 2 atom stereocenters. The van der Waals surface area contributed by atoms with Crippen LogP contribution < -0.4 is 10.6 Å². The molecule has 0 bridgehead atoms. The number of nitrogens with zero attached hydrogens (tertiary/aromatic N) is 3. The Morgan fingerprint density at radius 2 is 1.82 bits per heavy atom.